The minimum Gasteiger partial charge on any atom is -0.313 e. The molecule has 2 rings (SSSR count). The fourth-order valence-electron chi connectivity index (χ4n) is 1.40. The molecule has 0 atom stereocenters. The molecule has 15 heavy (non-hydrogen) atoms. The monoisotopic (exact) mass is 244 g/mol. The van der Waals surface area contributed by atoms with Crippen LogP contribution < -0.4 is 4.90 Å². The molecule has 0 saturated carbocycles. The maximum atomic E-state index is 11.5. The maximum Gasteiger partial charge on any atom is 0.248 e. The average molecular weight is 245 g/mol. The lowest BCUT2D eigenvalue weighted by Crippen LogP contribution is -2.27. The van der Waals surface area contributed by atoms with Crippen molar-refractivity contribution >= 4 is 40.8 Å². The van der Waals surface area contributed by atoms with Gasteiger partial charge < -0.3 is 4.90 Å². The quantitative estimate of drug-likeness (QED) is 0.688. The number of nitrogens with zero attached hydrogens (tertiary/aromatic N) is 2. The Balaban J connectivity index is 0.00000112. The molecular formula is C10H10Cl2N2O. The Morgan fingerprint density at radius 3 is 2.80 bits per heavy atom. The standard InChI is InChI=1S/C10H9ClN2O.ClH/c1-13-8-5-3-2-4-7(8)10(11)12-6-9(13)14;/h2-5H,6H2,1H3;1H. The van der Waals surface area contributed by atoms with Gasteiger partial charge in [-0.15, -0.1) is 12.4 Å². The third-order valence-electron chi connectivity index (χ3n) is 2.21. The van der Waals surface area contributed by atoms with Crippen molar-refractivity contribution in [2.75, 3.05) is 18.5 Å². The van der Waals surface area contributed by atoms with E-state index in [1.807, 2.05) is 24.3 Å². The molecule has 1 heterocycles. The zero-order valence-corrected chi connectivity index (χ0v) is 9.68. The number of amides is 1. The lowest BCUT2D eigenvalue weighted by atomic mass is 10.2. The van der Waals surface area contributed by atoms with Crippen molar-refractivity contribution in [1.82, 2.24) is 0 Å². The van der Waals surface area contributed by atoms with Crippen LogP contribution in [0.2, 0.25) is 0 Å². The summed E-state index contributed by atoms with van der Waals surface area (Å²) in [7, 11) is 1.73. The molecule has 0 N–H and O–H groups in total. The minimum atomic E-state index is -0.0481. The van der Waals surface area contributed by atoms with Gasteiger partial charge in [0.25, 0.3) is 0 Å². The highest BCUT2D eigenvalue weighted by molar-refractivity contribution is 6.70. The molecular weight excluding hydrogens is 235 g/mol. The zero-order chi connectivity index (χ0) is 10.1. The smallest absolute Gasteiger partial charge is 0.248 e. The van der Waals surface area contributed by atoms with Gasteiger partial charge in [0.05, 0.1) is 5.69 Å². The molecule has 0 fully saturated rings. The highest BCUT2D eigenvalue weighted by atomic mass is 35.5. The summed E-state index contributed by atoms with van der Waals surface area (Å²) in [4.78, 5) is 17.0. The number of para-hydroxylation sites is 1. The van der Waals surface area contributed by atoms with E-state index in [4.69, 9.17) is 11.6 Å². The SMILES string of the molecule is CN1C(=O)CN=C(Cl)c2ccccc21.Cl. The molecule has 80 valence electrons. The van der Waals surface area contributed by atoms with Gasteiger partial charge in [0.1, 0.15) is 11.7 Å². The van der Waals surface area contributed by atoms with Crippen LogP contribution in [0, 0.1) is 0 Å². The second-order valence-corrected chi connectivity index (χ2v) is 3.43. The van der Waals surface area contributed by atoms with E-state index in [1.54, 1.807) is 11.9 Å². The van der Waals surface area contributed by atoms with Crippen LogP contribution in [0.3, 0.4) is 0 Å². The second-order valence-electron chi connectivity index (χ2n) is 3.08. The van der Waals surface area contributed by atoms with Gasteiger partial charge in [-0.3, -0.25) is 9.79 Å². The van der Waals surface area contributed by atoms with Crippen molar-refractivity contribution < 1.29 is 4.79 Å². The Labute approximate surface area is 99.2 Å². The van der Waals surface area contributed by atoms with Crippen molar-refractivity contribution in [3.8, 4) is 0 Å². The summed E-state index contributed by atoms with van der Waals surface area (Å²) in [5.41, 5.74) is 1.62. The van der Waals surface area contributed by atoms with E-state index in [0.29, 0.717) is 5.17 Å². The topological polar surface area (TPSA) is 32.7 Å². The Hall–Kier alpha value is -1.06. The summed E-state index contributed by atoms with van der Waals surface area (Å²) < 4.78 is 0. The number of likely N-dealkylation sites (N-methyl/N-ethyl adjacent to an activating group) is 1. The van der Waals surface area contributed by atoms with Crippen molar-refractivity contribution in [3.63, 3.8) is 0 Å². The summed E-state index contributed by atoms with van der Waals surface area (Å²) in [6.07, 6.45) is 0. The number of halogens is 2. The van der Waals surface area contributed by atoms with Crippen LogP contribution in [0.25, 0.3) is 0 Å². The zero-order valence-electron chi connectivity index (χ0n) is 8.11. The minimum absolute atomic E-state index is 0. The largest absolute Gasteiger partial charge is 0.313 e. The van der Waals surface area contributed by atoms with E-state index in [1.165, 1.54) is 0 Å². The van der Waals surface area contributed by atoms with Crippen LogP contribution >= 0.6 is 24.0 Å². The molecule has 0 aromatic heterocycles. The number of rotatable bonds is 0. The van der Waals surface area contributed by atoms with E-state index < -0.39 is 0 Å². The number of carbonyl (C=O) groups excluding carboxylic acids is 1. The van der Waals surface area contributed by atoms with Gasteiger partial charge in [0.15, 0.2) is 0 Å². The van der Waals surface area contributed by atoms with E-state index in [0.717, 1.165) is 11.3 Å². The maximum absolute atomic E-state index is 11.5. The Morgan fingerprint density at radius 1 is 1.40 bits per heavy atom. The number of carbonyl (C=O) groups is 1. The molecule has 0 bridgehead atoms. The predicted molar refractivity (Wildman–Crippen MR) is 64.4 cm³/mol. The first-order valence-electron chi connectivity index (χ1n) is 4.26. The molecule has 0 spiro atoms. The lowest BCUT2D eigenvalue weighted by Gasteiger charge is -2.16. The van der Waals surface area contributed by atoms with Gasteiger partial charge in [-0.05, 0) is 12.1 Å². The summed E-state index contributed by atoms with van der Waals surface area (Å²) in [6.45, 7) is 0.115. The van der Waals surface area contributed by atoms with E-state index in [-0.39, 0.29) is 24.9 Å². The van der Waals surface area contributed by atoms with Crippen LogP contribution in [0.5, 0.6) is 0 Å². The van der Waals surface area contributed by atoms with Crippen molar-refractivity contribution in [3.05, 3.63) is 29.8 Å². The number of fused-ring (bicyclic) bond motifs is 1. The third-order valence-corrected chi connectivity index (χ3v) is 2.54. The number of benzodiazepines with no additional fused rings is 1. The molecule has 1 amide bonds. The highest BCUT2D eigenvalue weighted by Crippen LogP contribution is 2.23. The third kappa shape index (κ3) is 2.13. The molecule has 5 heteroatoms. The number of hydrogen-bond donors (Lipinski definition) is 0. The van der Waals surface area contributed by atoms with Crippen LogP contribution in [0.1, 0.15) is 5.56 Å². The molecule has 0 saturated heterocycles. The molecule has 0 aliphatic carbocycles. The van der Waals surface area contributed by atoms with Crippen molar-refractivity contribution in [1.29, 1.82) is 0 Å². The highest BCUT2D eigenvalue weighted by Gasteiger charge is 2.19. The average Bonchev–Trinajstić information content (AvgIpc) is 2.33. The van der Waals surface area contributed by atoms with Crippen LogP contribution in [0.15, 0.2) is 29.3 Å². The van der Waals surface area contributed by atoms with Gasteiger partial charge in [0.2, 0.25) is 5.91 Å². The first-order chi connectivity index (χ1) is 6.70. The second kappa shape index (κ2) is 4.64. The van der Waals surface area contributed by atoms with E-state index in [2.05, 4.69) is 4.99 Å². The van der Waals surface area contributed by atoms with Gasteiger partial charge in [-0.25, -0.2) is 0 Å². The van der Waals surface area contributed by atoms with Gasteiger partial charge >= 0.3 is 0 Å². The number of hydrogen-bond acceptors (Lipinski definition) is 2. The van der Waals surface area contributed by atoms with Gasteiger partial charge in [-0.2, -0.15) is 0 Å². The molecule has 0 unspecified atom stereocenters. The van der Waals surface area contributed by atoms with Crippen LogP contribution in [0.4, 0.5) is 5.69 Å². The molecule has 1 aliphatic rings. The molecule has 1 aliphatic heterocycles. The fraction of sp³-hybridized carbons (Fsp3) is 0.200. The summed E-state index contributed by atoms with van der Waals surface area (Å²) in [5.74, 6) is -0.0481. The molecule has 1 aromatic carbocycles. The first-order valence-corrected chi connectivity index (χ1v) is 4.64. The van der Waals surface area contributed by atoms with Crippen LogP contribution in [-0.4, -0.2) is 24.7 Å². The Bertz CT molecular complexity index is 418. The normalized spacial score (nSPS) is 14.9. The Kier molecular flexibility index (Phi) is 3.72. The molecule has 1 aromatic rings. The number of aliphatic imine (C=N–C) groups is 1. The summed E-state index contributed by atoms with van der Waals surface area (Å²) in [5, 5.41) is 0.401. The van der Waals surface area contributed by atoms with Crippen molar-refractivity contribution in [2.45, 2.75) is 0 Å². The first kappa shape index (κ1) is 12.0. The lowest BCUT2D eigenvalue weighted by molar-refractivity contribution is -0.116. The number of benzene rings is 1. The van der Waals surface area contributed by atoms with E-state index in [9.17, 15) is 4.79 Å². The van der Waals surface area contributed by atoms with Gasteiger partial charge in [0, 0.05) is 12.6 Å². The Morgan fingerprint density at radius 2 is 2.07 bits per heavy atom. The van der Waals surface area contributed by atoms with Crippen LogP contribution in [-0.2, 0) is 4.79 Å². The molecule has 3 nitrogen and oxygen atoms in total. The predicted octanol–water partition coefficient (Wildman–Crippen LogP) is 2.07. The van der Waals surface area contributed by atoms with E-state index >= 15 is 0 Å². The molecule has 0 radical (unpaired) electrons. The van der Waals surface area contributed by atoms with Crippen molar-refractivity contribution in [2.24, 2.45) is 4.99 Å². The number of anilines is 1. The summed E-state index contributed by atoms with van der Waals surface area (Å²) >= 11 is 5.95. The van der Waals surface area contributed by atoms with Gasteiger partial charge in [-0.1, -0.05) is 23.7 Å². The fourth-order valence-corrected chi connectivity index (χ4v) is 1.62. The summed E-state index contributed by atoms with van der Waals surface area (Å²) in [6, 6.07) is 7.46.